The van der Waals surface area contributed by atoms with Crippen molar-refractivity contribution in [3.63, 3.8) is 0 Å². The summed E-state index contributed by atoms with van der Waals surface area (Å²) in [6, 6.07) is 3.45. The van der Waals surface area contributed by atoms with E-state index >= 15 is 0 Å². The number of H-pyrrole nitrogens is 1. The number of ether oxygens (including phenoxy) is 2. The van der Waals surface area contributed by atoms with E-state index in [0.29, 0.717) is 34.6 Å². The summed E-state index contributed by atoms with van der Waals surface area (Å²) in [4.78, 5) is 37.2. The first kappa shape index (κ1) is 22.4. The summed E-state index contributed by atoms with van der Waals surface area (Å²) in [5.74, 6) is -0.367. The van der Waals surface area contributed by atoms with E-state index in [4.69, 9.17) is 13.9 Å². The van der Waals surface area contributed by atoms with Crippen molar-refractivity contribution in [2.45, 2.75) is 37.6 Å². The monoisotopic (exact) mass is 478 g/mol. The number of rotatable bonds is 9. The molecule has 0 spiro atoms. The van der Waals surface area contributed by atoms with Crippen molar-refractivity contribution >= 4 is 40.0 Å². The first-order valence-electron chi connectivity index (χ1n) is 10.1. The van der Waals surface area contributed by atoms with Gasteiger partial charge >= 0.3 is 11.7 Å². The third-order valence-electron chi connectivity index (χ3n) is 4.78. The van der Waals surface area contributed by atoms with Gasteiger partial charge in [0.15, 0.2) is 5.16 Å². The molecule has 0 saturated carbocycles. The molecule has 170 valence electrons. The quantitative estimate of drug-likeness (QED) is 0.355. The number of nitrogens with one attached hydrogen (secondary N) is 2. The molecule has 1 aliphatic heterocycles. The fourth-order valence-electron chi connectivity index (χ4n) is 3.33. The van der Waals surface area contributed by atoms with Gasteiger partial charge in [0.25, 0.3) is 0 Å². The second-order valence-corrected chi connectivity index (χ2v) is 8.77. The zero-order chi connectivity index (χ0) is 22.5. The molecule has 0 radical (unpaired) electrons. The molecule has 3 aromatic heterocycles. The molecule has 3 aromatic rings. The molecule has 1 atom stereocenters. The van der Waals surface area contributed by atoms with E-state index in [2.05, 4.69) is 15.5 Å². The van der Waals surface area contributed by atoms with Crippen LogP contribution in [0.2, 0.25) is 0 Å². The molecule has 1 amide bonds. The largest absolute Gasteiger partial charge is 0.464 e. The number of hydrogen-bond donors (Lipinski definition) is 2. The third-order valence-corrected chi connectivity index (χ3v) is 6.65. The maximum absolute atomic E-state index is 12.6. The van der Waals surface area contributed by atoms with Crippen LogP contribution in [0, 0.1) is 0 Å². The Morgan fingerprint density at radius 3 is 3.06 bits per heavy atom. The molecule has 12 heteroatoms. The summed E-state index contributed by atoms with van der Waals surface area (Å²) < 4.78 is 17.6. The number of hydrogen-bond acceptors (Lipinski definition) is 9. The second-order valence-electron chi connectivity index (χ2n) is 6.95. The van der Waals surface area contributed by atoms with Crippen LogP contribution in [0.25, 0.3) is 11.3 Å². The molecule has 1 fully saturated rings. The van der Waals surface area contributed by atoms with Gasteiger partial charge in [-0.3, -0.25) is 9.36 Å². The maximum atomic E-state index is 12.6. The molecule has 1 unspecified atom stereocenters. The summed E-state index contributed by atoms with van der Waals surface area (Å²) >= 11 is 2.34. The van der Waals surface area contributed by atoms with Gasteiger partial charge in [0, 0.05) is 17.6 Å². The van der Waals surface area contributed by atoms with Gasteiger partial charge < -0.3 is 19.2 Å². The number of thioether (sulfide) groups is 1. The highest BCUT2D eigenvalue weighted by molar-refractivity contribution is 7.99. The van der Waals surface area contributed by atoms with Gasteiger partial charge in [0.05, 0.1) is 31.3 Å². The maximum Gasteiger partial charge on any atom is 0.344 e. The summed E-state index contributed by atoms with van der Waals surface area (Å²) in [6.07, 6.45) is 3.33. The molecule has 10 nitrogen and oxygen atoms in total. The average molecular weight is 479 g/mol. The summed E-state index contributed by atoms with van der Waals surface area (Å²) in [5.41, 5.74) is 0.466. The standard InChI is InChI=1S/C20H22N4O6S2/c1-2-28-18(26)16-13(14-6-4-8-30-14)10-31-17(16)21-15(25)11-32-20-23-22-19(27)24(20)9-12-5-3-7-29-12/h4,6,8,10,12H,2-3,5,7,9,11H2,1H3,(H,21,25)(H,22,27). The van der Waals surface area contributed by atoms with E-state index in [0.717, 1.165) is 24.6 Å². The predicted molar refractivity (Wildman–Crippen MR) is 119 cm³/mol. The van der Waals surface area contributed by atoms with Crippen LogP contribution in [-0.4, -0.2) is 51.7 Å². The van der Waals surface area contributed by atoms with Crippen molar-refractivity contribution in [1.82, 2.24) is 14.8 Å². The number of nitrogens with zero attached hydrogens (tertiary/aromatic N) is 2. The SMILES string of the molecule is CCOC(=O)c1c(-c2ccco2)csc1NC(=O)CSc1n[nH]c(=O)n1CC1CCCO1. The van der Waals surface area contributed by atoms with Crippen LogP contribution < -0.4 is 11.0 Å². The molecule has 0 bridgehead atoms. The lowest BCUT2D eigenvalue weighted by molar-refractivity contribution is -0.113. The number of esters is 1. The fraction of sp³-hybridized carbons (Fsp3) is 0.400. The molecule has 2 N–H and O–H groups in total. The molecule has 32 heavy (non-hydrogen) atoms. The van der Waals surface area contributed by atoms with Gasteiger partial charge in [0.2, 0.25) is 5.91 Å². The average Bonchev–Trinajstić information content (AvgIpc) is 3.56. The van der Waals surface area contributed by atoms with E-state index in [1.165, 1.54) is 22.2 Å². The van der Waals surface area contributed by atoms with Crippen molar-refractivity contribution in [3.05, 3.63) is 39.8 Å². The Balaban J connectivity index is 1.45. The first-order chi connectivity index (χ1) is 15.6. The Morgan fingerprint density at radius 2 is 2.34 bits per heavy atom. The van der Waals surface area contributed by atoms with Crippen molar-refractivity contribution in [1.29, 1.82) is 0 Å². The van der Waals surface area contributed by atoms with Crippen LogP contribution in [0.5, 0.6) is 0 Å². The number of aromatic nitrogens is 3. The van der Waals surface area contributed by atoms with E-state index < -0.39 is 5.97 Å². The summed E-state index contributed by atoms with van der Waals surface area (Å²) in [7, 11) is 0. The van der Waals surface area contributed by atoms with Gasteiger partial charge in [-0.05, 0) is 31.9 Å². The van der Waals surface area contributed by atoms with Gasteiger partial charge in [-0.15, -0.1) is 16.4 Å². The van der Waals surface area contributed by atoms with Crippen molar-refractivity contribution in [2.24, 2.45) is 0 Å². The molecule has 4 heterocycles. The minimum Gasteiger partial charge on any atom is -0.464 e. The number of anilines is 1. The van der Waals surface area contributed by atoms with Gasteiger partial charge in [-0.1, -0.05) is 11.8 Å². The van der Waals surface area contributed by atoms with E-state index in [1.807, 2.05) is 0 Å². The molecule has 0 aromatic carbocycles. The minimum atomic E-state index is -0.541. The lowest BCUT2D eigenvalue weighted by Crippen LogP contribution is -2.25. The highest BCUT2D eigenvalue weighted by Crippen LogP contribution is 2.36. The van der Waals surface area contributed by atoms with Gasteiger partial charge in [-0.2, -0.15) is 0 Å². The fourth-order valence-corrected chi connectivity index (χ4v) is 5.04. The number of carbonyl (C=O) groups excluding carboxylic acids is 2. The van der Waals surface area contributed by atoms with Crippen LogP contribution in [0.1, 0.15) is 30.1 Å². The smallest absolute Gasteiger partial charge is 0.344 e. The lowest BCUT2D eigenvalue weighted by Gasteiger charge is -2.11. The Labute approximate surface area is 191 Å². The summed E-state index contributed by atoms with van der Waals surface area (Å²) in [5, 5.41) is 11.7. The zero-order valence-electron chi connectivity index (χ0n) is 17.3. The van der Waals surface area contributed by atoms with Crippen molar-refractivity contribution in [2.75, 3.05) is 24.3 Å². The first-order valence-corrected chi connectivity index (χ1v) is 11.9. The number of carbonyl (C=O) groups is 2. The molecular formula is C20H22N4O6S2. The Morgan fingerprint density at radius 1 is 1.47 bits per heavy atom. The van der Waals surface area contributed by atoms with Crippen LogP contribution in [-0.2, 0) is 20.8 Å². The topological polar surface area (TPSA) is 128 Å². The normalized spacial score (nSPS) is 15.7. The lowest BCUT2D eigenvalue weighted by atomic mass is 10.1. The third kappa shape index (κ3) is 4.97. The van der Waals surface area contributed by atoms with Crippen LogP contribution >= 0.6 is 23.1 Å². The number of amides is 1. The van der Waals surface area contributed by atoms with Crippen LogP contribution in [0.3, 0.4) is 0 Å². The molecule has 4 rings (SSSR count). The van der Waals surface area contributed by atoms with Gasteiger partial charge in [-0.25, -0.2) is 14.7 Å². The predicted octanol–water partition coefficient (Wildman–Crippen LogP) is 2.98. The van der Waals surface area contributed by atoms with Crippen molar-refractivity contribution < 1.29 is 23.5 Å². The Hall–Kier alpha value is -2.83. The number of furan rings is 1. The van der Waals surface area contributed by atoms with Crippen LogP contribution in [0.4, 0.5) is 5.00 Å². The van der Waals surface area contributed by atoms with E-state index in [9.17, 15) is 14.4 Å². The minimum absolute atomic E-state index is 0.00602. The van der Waals surface area contributed by atoms with E-state index in [-0.39, 0.29) is 35.6 Å². The number of thiophene rings is 1. The Kier molecular flexibility index (Phi) is 7.12. The van der Waals surface area contributed by atoms with Crippen molar-refractivity contribution in [3.8, 4) is 11.3 Å². The second kappa shape index (κ2) is 10.2. The van der Waals surface area contributed by atoms with Crippen LogP contribution in [0.15, 0.2) is 38.1 Å². The zero-order valence-corrected chi connectivity index (χ0v) is 18.9. The molecule has 1 saturated heterocycles. The molecule has 1 aliphatic rings. The number of aromatic amines is 1. The molecule has 0 aliphatic carbocycles. The Bertz CT molecular complexity index is 1130. The van der Waals surface area contributed by atoms with E-state index in [1.54, 1.807) is 24.4 Å². The van der Waals surface area contributed by atoms with Gasteiger partial charge in [0.1, 0.15) is 16.3 Å². The summed E-state index contributed by atoms with van der Waals surface area (Å²) in [6.45, 7) is 3.00. The molecular weight excluding hydrogens is 456 g/mol. The highest BCUT2D eigenvalue weighted by atomic mass is 32.2. The highest BCUT2D eigenvalue weighted by Gasteiger charge is 2.25.